The number of benzene rings is 2. The normalized spacial score (nSPS) is 10.7. The first-order valence-electron chi connectivity index (χ1n) is 6.98. The van der Waals surface area contributed by atoms with Gasteiger partial charge in [-0.15, -0.1) is 10.2 Å². The number of amides is 1. The molecule has 0 saturated heterocycles. The van der Waals surface area contributed by atoms with Gasteiger partial charge in [0.05, 0.1) is 16.3 Å². The minimum atomic E-state index is -0.157. The van der Waals surface area contributed by atoms with Crippen LogP contribution in [0.3, 0.4) is 0 Å². The van der Waals surface area contributed by atoms with E-state index in [-0.39, 0.29) is 17.6 Å². The van der Waals surface area contributed by atoms with E-state index in [0.717, 1.165) is 21.0 Å². The van der Waals surface area contributed by atoms with Crippen LogP contribution in [-0.2, 0) is 4.79 Å². The molecule has 9 heteroatoms. The fourth-order valence-corrected chi connectivity index (χ4v) is 3.31. The van der Waals surface area contributed by atoms with Crippen LogP contribution in [0.4, 0.5) is 5.69 Å². The number of carbonyl (C=O) groups is 1. The number of anilines is 1. The van der Waals surface area contributed by atoms with E-state index in [1.165, 1.54) is 0 Å². The van der Waals surface area contributed by atoms with Crippen LogP contribution in [0.1, 0.15) is 0 Å². The molecule has 0 aliphatic rings. The van der Waals surface area contributed by atoms with Crippen LogP contribution in [0, 0.1) is 3.57 Å². The summed E-state index contributed by atoms with van der Waals surface area (Å²) in [5, 5.41) is 11.9. The molecule has 0 radical (unpaired) electrons. The molecule has 25 heavy (non-hydrogen) atoms. The second-order valence-corrected chi connectivity index (χ2v) is 7.86. The Morgan fingerprint density at radius 3 is 2.64 bits per heavy atom. The number of hydrogen-bond donors (Lipinski definition) is 1. The largest absolute Gasteiger partial charge is 0.411 e. The third-order valence-corrected chi connectivity index (χ3v) is 5.11. The quantitative estimate of drug-likeness (QED) is 0.372. The standard InChI is InChI=1S/C16H10Cl2IN3O2S/c17-9-1-6-12(13(18)7-9)15-21-22-16(24-15)25-8-14(23)20-11-4-2-10(19)3-5-11/h1-7H,8H2,(H,20,23). The molecular formula is C16H10Cl2IN3O2S. The van der Waals surface area contributed by atoms with Gasteiger partial charge in [-0.25, -0.2) is 0 Å². The van der Waals surface area contributed by atoms with Crippen LogP contribution in [-0.4, -0.2) is 21.9 Å². The molecule has 0 saturated carbocycles. The second kappa shape index (κ2) is 8.39. The minimum Gasteiger partial charge on any atom is -0.411 e. The average Bonchev–Trinajstić information content (AvgIpc) is 3.04. The molecule has 0 spiro atoms. The molecule has 128 valence electrons. The Balaban J connectivity index is 1.59. The lowest BCUT2D eigenvalue weighted by Crippen LogP contribution is -2.13. The monoisotopic (exact) mass is 505 g/mol. The maximum Gasteiger partial charge on any atom is 0.277 e. The van der Waals surface area contributed by atoms with Crippen molar-refractivity contribution >= 4 is 69.1 Å². The first kappa shape index (κ1) is 18.5. The van der Waals surface area contributed by atoms with Crippen molar-refractivity contribution in [3.8, 4) is 11.5 Å². The molecule has 0 fully saturated rings. The zero-order valence-electron chi connectivity index (χ0n) is 12.5. The Morgan fingerprint density at radius 2 is 1.92 bits per heavy atom. The molecule has 1 aromatic heterocycles. The maximum absolute atomic E-state index is 12.0. The number of halogens is 3. The first-order chi connectivity index (χ1) is 12.0. The molecule has 0 aliphatic heterocycles. The lowest BCUT2D eigenvalue weighted by atomic mass is 10.2. The van der Waals surface area contributed by atoms with Gasteiger partial charge >= 0.3 is 0 Å². The van der Waals surface area contributed by atoms with E-state index in [1.54, 1.807) is 18.2 Å². The summed E-state index contributed by atoms with van der Waals surface area (Å²) in [6.45, 7) is 0. The third-order valence-electron chi connectivity index (χ3n) is 3.02. The highest BCUT2D eigenvalue weighted by molar-refractivity contribution is 14.1. The van der Waals surface area contributed by atoms with Crippen LogP contribution in [0.5, 0.6) is 0 Å². The molecular weight excluding hydrogens is 496 g/mol. The predicted octanol–water partition coefficient (Wildman–Crippen LogP) is 5.38. The molecule has 3 rings (SSSR count). The number of hydrogen-bond acceptors (Lipinski definition) is 5. The van der Waals surface area contributed by atoms with E-state index in [4.69, 9.17) is 27.6 Å². The number of aromatic nitrogens is 2. The smallest absolute Gasteiger partial charge is 0.277 e. The average molecular weight is 506 g/mol. The fourth-order valence-electron chi connectivity index (χ4n) is 1.90. The number of thioether (sulfide) groups is 1. The Labute approximate surface area is 171 Å². The summed E-state index contributed by atoms with van der Waals surface area (Å²) >= 11 is 15.3. The van der Waals surface area contributed by atoms with Crippen molar-refractivity contribution in [3.05, 3.63) is 56.1 Å². The van der Waals surface area contributed by atoms with E-state index in [1.807, 2.05) is 24.3 Å². The van der Waals surface area contributed by atoms with Crippen molar-refractivity contribution in [3.63, 3.8) is 0 Å². The summed E-state index contributed by atoms with van der Waals surface area (Å²) in [6.07, 6.45) is 0. The molecule has 1 heterocycles. The first-order valence-corrected chi connectivity index (χ1v) is 9.80. The Hall–Kier alpha value is -1.29. The van der Waals surface area contributed by atoms with Gasteiger partial charge in [-0.05, 0) is 65.1 Å². The van der Waals surface area contributed by atoms with Crippen LogP contribution in [0.15, 0.2) is 52.1 Å². The van der Waals surface area contributed by atoms with Gasteiger partial charge < -0.3 is 9.73 Å². The lowest BCUT2D eigenvalue weighted by Gasteiger charge is -2.03. The molecule has 0 unspecified atom stereocenters. The summed E-state index contributed by atoms with van der Waals surface area (Å²) < 4.78 is 6.64. The van der Waals surface area contributed by atoms with E-state index in [2.05, 4.69) is 38.1 Å². The molecule has 1 N–H and O–H groups in total. The van der Waals surface area contributed by atoms with Crippen molar-refractivity contribution in [1.82, 2.24) is 10.2 Å². The SMILES string of the molecule is O=C(CSc1nnc(-c2ccc(Cl)cc2Cl)o1)Nc1ccc(I)cc1. The van der Waals surface area contributed by atoms with Crippen molar-refractivity contribution in [1.29, 1.82) is 0 Å². The highest BCUT2D eigenvalue weighted by Gasteiger charge is 2.14. The van der Waals surface area contributed by atoms with Crippen molar-refractivity contribution in [2.24, 2.45) is 0 Å². The van der Waals surface area contributed by atoms with Gasteiger partial charge in [-0.2, -0.15) is 0 Å². The highest BCUT2D eigenvalue weighted by Crippen LogP contribution is 2.31. The van der Waals surface area contributed by atoms with E-state index in [0.29, 0.717) is 20.8 Å². The van der Waals surface area contributed by atoms with Crippen LogP contribution >= 0.6 is 57.6 Å². The minimum absolute atomic E-state index is 0.155. The fraction of sp³-hybridized carbons (Fsp3) is 0.0625. The lowest BCUT2D eigenvalue weighted by molar-refractivity contribution is -0.113. The van der Waals surface area contributed by atoms with Gasteiger partial charge in [0.2, 0.25) is 11.8 Å². The topological polar surface area (TPSA) is 68.0 Å². The third kappa shape index (κ3) is 5.10. The van der Waals surface area contributed by atoms with Crippen LogP contribution < -0.4 is 5.32 Å². The summed E-state index contributed by atoms with van der Waals surface area (Å²) in [5.74, 6) is 0.278. The molecule has 3 aromatic rings. The van der Waals surface area contributed by atoms with E-state index >= 15 is 0 Å². The maximum atomic E-state index is 12.0. The van der Waals surface area contributed by atoms with Crippen molar-refractivity contribution in [2.45, 2.75) is 5.22 Å². The van der Waals surface area contributed by atoms with Crippen molar-refractivity contribution in [2.75, 3.05) is 11.1 Å². The summed E-state index contributed by atoms with van der Waals surface area (Å²) in [4.78, 5) is 12.0. The highest BCUT2D eigenvalue weighted by atomic mass is 127. The number of nitrogens with zero attached hydrogens (tertiary/aromatic N) is 2. The van der Waals surface area contributed by atoms with Crippen LogP contribution in [0.25, 0.3) is 11.5 Å². The zero-order chi connectivity index (χ0) is 17.8. The Kier molecular flexibility index (Phi) is 6.21. The van der Waals surface area contributed by atoms with Gasteiger partial charge in [0.15, 0.2) is 0 Å². The van der Waals surface area contributed by atoms with Gasteiger partial charge in [0, 0.05) is 14.3 Å². The number of carbonyl (C=O) groups excluding carboxylic acids is 1. The molecule has 0 aliphatic carbocycles. The summed E-state index contributed by atoms with van der Waals surface area (Å²) in [7, 11) is 0. The second-order valence-electron chi connectivity index (χ2n) is 4.84. The van der Waals surface area contributed by atoms with Crippen LogP contribution in [0.2, 0.25) is 10.0 Å². The Morgan fingerprint density at radius 1 is 1.16 bits per heavy atom. The number of nitrogens with one attached hydrogen (secondary N) is 1. The zero-order valence-corrected chi connectivity index (χ0v) is 17.0. The molecule has 0 bridgehead atoms. The van der Waals surface area contributed by atoms with Gasteiger partial charge in [0.1, 0.15) is 0 Å². The predicted molar refractivity (Wildman–Crippen MR) is 108 cm³/mol. The van der Waals surface area contributed by atoms with Gasteiger partial charge in [-0.1, -0.05) is 35.0 Å². The molecule has 1 amide bonds. The number of rotatable bonds is 5. The summed E-state index contributed by atoms with van der Waals surface area (Å²) in [6, 6.07) is 12.5. The molecule has 2 aromatic carbocycles. The molecule has 0 atom stereocenters. The van der Waals surface area contributed by atoms with Crippen molar-refractivity contribution < 1.29 is 9.21 Å². The van der Waals surface area contributed by atoms with Gasteiger partial charge in [0.25, 0.3) is 5.22 Å². The van der Waals surface area contributed by atoms with Gasteiger partial charge in [-0.3, -0.25) is 4.79 Å². The Bertz CT molecular complexity index is 903. The van der Waals surface area contributed by atoms with E-state index < -0.39 is 0 Å². The molecule has 5 nitrogen and oxygen atoms in total. The van der Waals surface area contributed by atoms with E-state index in [9.17, 15) is 4.79 Å². The summed E-state index contributed by atoms with van der Waals surface area (Å²) in [5.41, 5.74) is 1.33.